The summed E-state index contributed by atoms with van der Waals surface area (Å²) in [6, 6.07) is 9.32. The monoisotopic (exact) mass is 346 g/mol. The Kier molecular flexibility index (Phi) is 5.50. The number of hydrogen-bond donors (Lipinski definition) is 2. The molecule has 136 valence electrons. The molecule has 0 bridgehead atoms. The van der Waals surface area contributed by atoms with Crippen LogP contribution in [-0.4, -0.2) is 24.3 Å². The van der Waals surface area contributed by atoms with Crippen LogP contribution in [0.25, 0.3) is 0 Å². The van der Waals surface area contributed by atoms with E-state index in [4.69, 9.17) is 10.5 Å². The molecular formula is C19H26N2O4. The third kappa shape index (κ3) is 3.52. The lowest BCUT2D eigenvalue weighted by atomic mass is 9.64. The zero-order chi connectivity index (χ0) is 18.7. The van der Waals surface area contributed by atoms with Gasteiger partial charge in [0.1, 0.15) is 6.61 Å². The van der Waals surface area contributed by atoms with Gasteiger partial charge in [-0.05, 0) is 29.7 Å². The number of primary amides is 1. The highest BCUT2D eigenvalue weighted by atomic mass is 16.5. The second-order valence-corrected chi connectivity index (χ2v) is 7.28. The van der Waals surface area contributed by atoms with Gasteiger partial charge in [-0.25, -0.2) is 0 Å². The van der Waals surface area contributed by atoms with Gasteiger partial charge >= 0.3 is 5.97 Å². The molecule has 0 spiro atoms. The summed E-state index contributed by atoms with van der Waals surface area (Å²) in [5.74, 6) is -1.52. The summed E-state index contributed by atoms with van der Waals surface area (Å²) in [4.78, 5) is 36.9. The second-order valence-electron chi connectivity index (χ2n) is 7.28. The number of amides is 2. The zero-order valence-corrected chi connectivity index (χ0v) is 15.0. The largest absolute Gasteiger partial charge is 0.460 e. The zero-order valence-electron chi connectivity index (χ0n) is 15.0. The number of hydrogen-bond acceptors (Lipinski definition) is 4. The highest BCUT2D eigenvalue weighted by molar-refractivity contribution is 6.05. The molecule has 0 aliphatic heterocycles. The lowest BCUT2D eigenvalue weighted by Gasteiger charge is -2.39. The second kappa shape index (κ2) is 7.25. The summed E-state index contributed by atoms with van der Waals surface area (Å²) < 4.78 is 5.51. The lowest BCUT2D eigenvalue weighted by Crippen LogP contribution is -2.55. The van der Waals surface area contributed by atoms with Gasteiger partial charge in [0.2, 0.25) is 11.8 Å². The van der Waals surface area contributed by atoms with Crippen LogP contribution in [0.3, 0.4) is 0 Å². The van der Waals surface area contributed by atoms with Crippen molar-refractivity contribution in [2.45, 2.75) is 40.2 Å². The molecule has 1 aliphatic carbocycles. The van der Waals surface area contributed by atoms with Crippen LogP contribution in [0.1, 0.15) is 39.2 Å². The summed E-state index contributed by atoms with van der Waals surface area (Å²) >= 11 is 0. The van der Waals surface area contributed by atoms with Gasteiger partial charge in [0.05, 0.1) is 6.54 Å². The molecule has 2 rings (SSSR count). The lowest BCUT2D eigenvalue weighted by molar-refractivity contribution is -0.170. The van der Waals surface area contributed by atoms with Crippen molar-refractivity contribution in [3.63, 3.8) is 0 Å². The van der Waals surface area contributed by atoms with Gasteiger partial charge in [-0.3, -0.25) is 14.4 Å². The average Bonchev–Trinajstić information content (AvgIpc) is 2.82. The van der Waals surface area contributed by atoms with Crippen molar-refractivity contribution in [1.29, 1.82) is 0 Å². The van der Waals surface area contributed by atoms with Gasteiger partial charge in [0.25, 0.3) is 0 Å². The standard InChI is InChI=1S/C19H26N2O4/c1-13-9-10-19(18(13,2)3,16(23)21-11-15(20)22)17(24)25-12-14-7-5-4-6-8-14/h4-8,13H,9-12H2,1-3H3,(H2,20,22)(H,21,23). The number of ether oxygens (including phenoxy) is 1. The summed E-state index contributed by atoms with van der Waals surface area (Å²) in [5.41, 5.74) is 4.05. The minimum absolute atomic E-state index is 0.106. The van der Waals surface area contributed by atoms with Crippen LogP contribution in [0.5, 0.6) is 0 Å². The molecule has 3 N–H and O–H groups in total. The molecule has 1 aromatic carbocycles. The van der Waals surface area contributed by atoms with E-state index in [0.717, 1.165) is 12.0 Å². The Morgan fingerprint density at radius 2 is 1.88 bits per heavy atom. The van der Waals surface area contributed by atoms with Crippen molar-refractivity contribution in [3.8, 4) is 0 Å². The number of esters is 1. The number of rotatable bonds is 6. The quantitative estimate of drug-likeness (QED) is 0.606. The topological polar surface area (TPSA) is 98.5 Å². The first kappa shape index (κ1) is 19.0. The molecule has 6 heteroatoms. The fourth-order valence-corrected chi connectivity index (χ4v) is 3.57. The number of carbonyl (C=O) groups is 3. The van der Waals surface area contributed by atoms with E-state index in [9.17, 15) is 14.4 Å². The molecule has 0 aromatic heterocycles. The maximum Gasteiger partial charge on any atom is 0.322 e. The van der Waals surface area contributed by atoms with Gasteiger partial charge in [-0.15, -0.1) is 0 Å². The minimum atomic E-state index is -1.32. The summed E-state index contributed by atoms with van der Waals surface area (Å²) in [5, 5.41) is 2.51. The third-order valence-electron chi connectivity index (χ3n) is 5.66. The maximum atomic E-state index is 13.0. The van der Waals surface area contributed by atoms with E-state index < -0.39 is 28.6 Å². The van der Waals surface area contributed by atoms with E-state index in [-0.39, 0.29) is 19.1 Å². The molecule has 2 amide bonds. The van der Waals surface area contributed by atoms with Crippen LogP contribution in [-0.2, 0) is 25.7 Å². The first-order chi connectivity index (χ1) is 11.7. The fraction of sp³-hybridized carbons (Fsp3) is 0.526. The Hall–Kier alpha value is -2.37. The van der Waals surface area contributed by atoms with Crippen molar-refractivity contribution in [1.82, 2.24) is 5.32 Å². The van der Waals surface area contributed by atoms with Gasteiger partial charge in [-0.2, -0.15) is 0 Å². The van der Waals surface area contributed by atoms with E-state index in [1.54, 1.807) is 0 Å². The van der Waals surface area contributed by atoms with Gasteiger partial charge in [0.15, 0.2) is 5.41 Å². The van der Waals surface area contributed by atoms with Crippen molar-refractivity contribution >= 4 is 17.8 Å². The molecule has 1 fully saturated rings. The van der Waals surface area contributed by atoms with Crippen LogP contribution in [0.15, 0.2) is 30.3 Å². The van der Waals surface area contributed by atoms with Crippen molar-refractivity contribution in [2.75, 3.05) is 6.54 Å². The van der Waals surface area contributed by atoms with Crippen LogP contribution < -0.4 is 11.1 Å². The normalized spacial score (nSPS) is 24.5. The molecule has 1 aromatic rings. The maximum absolute atomic E-state index is 13.0. The summed E-state index contributed by atoms with van der Waals surface area (Å²) in [7, 11) is 0. The number of carbonyl (C=O) groups excluding carboxylic acids is 3. The van der Waals surface area contributed by atoms with Crippen molar-refractivity contribution < 1.29 is 19.1 Å². The molecule has 1 saturated carbocycles. The van der Waals surface area contributed by atoms with Crippen molar-refractivity contribution in [2.24, 2.45) is 22.5 Å². The van der Waals surface area contributed by atoms with Crippen LogP contribution in [0, 0.1) is 16.7 Å². The van der Waals surface area contributed by atoms with Crippen LogP contribution in [0.4, 0.5) is 0 Å². The number of benzene rings is 1. The van der Waals surface area contributed by atoms with Gasteiger partial charge in [-0.1, -0.05) is 51.1 Å². The summed E-state index contributed by atoms with van der Waals surface area (Å²) in [6.07, 6.45) is 1.12. The van der Waals surface area contributed by atoms with E-state index in [1.165, 1.54) is 0 Å². The fourth-order valence-electron chi connectivity index (χ4n) is 3.57. The first-order valence-electron chi connectivity index (χ1n) is 8.49. The van der Waals surface area contributed by atoms with Gasteiger partial charge in [0, 0.05) is 0 Å². The number of nitrogens with two attached hydrogens (primary N) is 1. The Morgan fingerprint density at radius 3 is 2.40 bits per heavy atom. The first-order valence-corrected chi connectivity index (χ1v) is 8.49. The molecule has 0 radical (unpaired) electrons. The highest BCUT2D eigenvalue weighted by Crippen LogP contribution is 2.56. The molecule has 0 saturated heterocycles. The molecule has 25 heavy (non-hydrogen) atoms. The van der Waals surface area contributed by atoms with Crippen LogP contribution in [0.2, 0.25) is 0 Å². The SMILES string of the molecule is CC1CCC(C(=O)NCC(N)=O)(C(=O)OCc2ccccc2)C1(C)C. The Balaban J connectivity index is 2.24. The van der Waals surface area contributed by atoms with E-state index in [0.29, 0.717) is 6.42 Å². The molecule has 6 nitrogen and oxygen atoms in total. The predicted octanol–water partition coefficient (Wildman–Crippen LogP) is 1.77. The molecule has 2 atom stereocenters. The van der Waals surface area contributed by atoms with E-state index in [1.807, 2.05) is 51.1 Å². The molecule has 1 aliphatic rings. The van der Waals surface area contributed by atoms with Gasteiger partial charge < -0.3 is 15.8 Å². The van der Waals surface area contributed by atoms with Crippen LogP contribution >= 0.6 is 0 Å². The summed E-state index contributed by atoms with van der Waals surface area (Å²) in [6.45, 7) is 5.64. The van der Waals surface area contributed by atoms with Crippen molar-refractivity contribution in [3.05, 3.63) is 35.9 Å². The molecule has 0 heterocycles. The molecular weight excluding hydrogens is 320 g/mol. The Morgan fingerprint density at radius 1 is 1.24 bits per heavy atom. The minimum Gasteiger partial charge on any atom is -0.460 e. The third-order valence-corrected chi connectivity index (χ3v) is 5.66. The molecule has 2 unspecified atom stereocenters. The van der Waals surface area contributed by atoms with E-state index in [2.05, 4.69) is 5.32 Å². The van der Waals surface area contributed by atoms with E-state index >= 15 is 0 Å². The predicted molar refractivity (Wildman–Crippen MR) is 93.1 cm³/mol. The smallest absolute Gasteiger partial charge is 0.322 e. The Bertz CT molecular complexity index is 657. The highest BCUT2D eigenvalue weighted by Gasteiger charge is 2.63. The Labute approximate surface area is 148 Å². The number of nitrogens with one attached hydrogen (secondary N) is 1. The average molecular weight is 346 g/mol.